The van der Waals surface area contributed by atoms with Crippen molar-refractivity contribution in [2.45, 2.75) is 26.9 Å². The Hall–Kier alpha value is -1.61. The van der Waals surface area contributed by atoms with E-state index in [1.165, 1.54) is 0 Å². The number of rotatable bonds is 1. The summed E-state index contributed by atoms with van der Waals surface area (Å²) in [5.41, 5.74) is 3.34. The maximum atomic E-state index is 12.3. The molecule has 1 atom stereocenters. The molecule has 1 unspecified atom stereocenters. The summed E-state index contributed by atoms with van der Waals surface area (Å²) in [7, 11) is 0. The van der Waals surface area contributed by atoms with Crippen LogP contribution in [0.4, 0.5) is 5.69 Å². The molecule has 2 aliphatic rings. The van der Waals surface area contributed by atoms with Gasteiger partial charge in [-0.3, -0.25) is 14.6 Å². The van der Waals surface area contributed by atoms with E-state index in [4.69, 9.17) is 0 Å². The normalized spacial score (nSPS) is 22.9. The first-order valence-electron chi connectivity index (χ1n) is 6.73. The van der Waals surface area contributed by atoms with E-state index in [1.54, 1.807) is 0 Å². The van der Waals surface area contributed by atoms with Crippen LogP contribution in [0.2, 0.25) is 0 Å². The first kappa shape index (κ1) is 12.4. The summed E-state index contributed by atoms with van der Waals surface area (Å²) in [6.45, 7) is 12.2. The Morgan fingerprint density at radius 2 is 2.00 bits per heavy atom. The fraction of sp³-hybridized carbons (Fsp3) is 0.438. The number of carbonyl (C=O) groups is 1. The number of para-hydroxylation sites is 1. The quantitative estimate of drug-likeness (QED) is 0.771. The van der Waals surface area contributed by atoms with Gasteiger partial charge in [0.25, 0.3) is 0 Å². The smallest absolute Gasteiger partial charge is 0.242 e. The largest absolute Gasteiger partial charge is 0.290 e. The van der Waals surface area contributed by atoms with E-state index in [1.807, 2.05) is 23.1 Å². The third-order valence-corrected chi connectivity index (χ3v) is 3.70. The van der Waals surface area contributed by atoms with Crippen LogP contribution in [-0.2, 0) is 4.79 Å². The molecule has 0 radical (unpaired) electrons. The van der Waals surface area contributed by atoms with Crippen molar-refractivity contribution in [2.75, 3.05) is 18.0 Å². The highest BCUT2D eigenvalue weighted by Gasteiger charge is 2.46. The number of carbonyl (C=O) groups excluding carboxylic acids is 1. The second-order valence-corrected chi connectivity index (χ2v) is 6.65. The molecular formula is C16H20N2O. The van der Waals surface area contributed by atoms with E-state index in [-0.39, 0.29) is 17.5 Å². The van der Waals surface area contributed by atoms with Gasteiger partial charge in [-0.15, -0.1) is 0 Å². The third-order valence-electron chi connectivity index (χ3n) is 3.70. The van der Waals surface area contributed by atoms with Crippen molar-refractivity contribution in [1.82, 2.24) is 4.90 Å². The summed E-state index contributed by atoms with van der Waals surface area (Å²) < 4.78 is 0. The molecule has 0 bridgehead atoms. The summed E-state index contributed by atoms with van der Waals surface area (Å²) in [6.07, 6.45) is 0.0177. The van der Waals surface area contributed by atoms with Gasteiger partial charge in [-0.05, 0) is 17.1 Å². The minimum atomic E-state index is 0.0177. The van der Waals surface area contributed by atoms with Gasteiger partial charge >= 0.3 is 0 Å². The Morgan fingerprint density at radius 1 is 1.32 bits per heavy atom. The number of hydrogen-bond acceptors (Lipinski definition) is 2. The molecule has 1 aromatic rings. The predicted octanol–water partition coefficient (Wildman–Crippen LogP) is 2.73. The van der Waals surface area contributed by atoms with E-state index in [0.717, 1.165) is 23.4 Å². The van der Waals surface area contributed by atoms with E-state index in [9.17, 15) is 4.79 Å². The highest BCUT2D eigenvalue weighted by Crippen LogP contribution is 2.44. The fourth-order valence-corrected chi connectivity index (χ4v) is 3.12. The van der Waals surface area contributed by atoms with Gasteiger partial charge in [0, 0.05) is 12.1 Å². The minimum absolute atomic E-state index is 0.0177. The van der Waals surface area contributed by atoms with Crippen LogP contribution < -0.4 is 4.90 Å². The summed E-state index contributed by atoms with van der Waals surface area (Å²) in [5.74, 6) is 0.181. The average Bonchev–Trinajstić information content (AvgIpc) is 2.77. The van der Waals surface area contributed by atoms with Crippen molar-refractivity contribution in [2.24, 2.45) is 5.41 Å². The van der Waals surface area contributed by atoms with Crippen LogP contribution in [-0.4, -0.2) is 30.1 Å². The number of anilines is 1. The topological polar surface area (TPSA) is 23.6 Å². The summed E-state index contributed by atoms with van der Waals surface area (Å²) in [5, 5.41) is 0. The molecule has 3 rings (SSSR count). The lowest BCUT2D eigenvalue weighted by atomic mass is 9.95. The van der Waals surface area contributed by atoms with Gasteiger partial charge in [0.2, 0.25) is 5.91 Å². The molecule has 19 heavy (non-hydrogen) atoms. The molecule has 0 aliphatic carbocycles. The Morgan fingerprint density at radius 3 is 2.68 bits per heavy atom. The maximum Gasteiger partial charge on any atom is 0.242 e. The third kappa shape index (κ3) is 1.89. The summed E-state index contributed by atoms with van der Waals surface area (Å²) in [6, 6.07) is 8.05. The van der Waals surface area contributed by atoms with Gasteiger partial charge in [0.1, 0.15) is 6.17 Å². The lowest BCUT2D eigenvalue weighted by Gasteiger charge is -2.30. The highest BCUT2D eigenvalue weighted by atomic mass is 16.2. The first-order chi connectivity index (χ1) is 8.88. The van der Waals surface area contributed by atoms with Gasteiger partial charge in [0.05, 0.1) is 12.2 Å². The zero-order valence-electron chi connectivity index (χ0n) is 11.8. The molecule has 1 saturated heterocycles. The molecule has 2 heterocycles. The lowest BCUT2D eigenvalue weighted by molar-refractivity contribution is -0.116. The van der Waals surface area contributed by atoms with Crippen LogP contribution in [0.5, 0.6) is 0 Å². The molecule has 3 heteroatoms. The summed E-state index contributed by atoms with van der Waals surface area (Å²) >= 11 is 0. The Kier molecular flexibility index (Phi) is 2.58. The van der Waals surface area contributed by atoms with Crippen LogP contribution >= 0.6 is 0 Å². The molecule has 0 aromatic heterocycles. The molecule has 0 spiro atoms. The molecule has 0 saturated carbocycles. The Labute approximate surface area is 114 Å². The van der Waals surface area contributed by atoms with E-state index in [0.29, 0.717) is 6.54 Å². The second-order valence-electron chi connectivity index (χ2n) is 6.65. The van der Waals surface area contributed by atoms with Crippen LogP contribution in [0.25, 0.3) is 5.57 Å². The number of benzene rings is 1. The fourth-order valence-electron chi connectivity index (χ4n) is 3.12. The lowest BCUT2D eigenvalue weighted by Crippen LogP contribution is -2.40. The van der Waals surface area contributed by atoms with E-state index in [2.05, 4.69) is 38.3 Å². The second kappa shape index (κ2) is 3.94. The predicted molar refractivity (Wildman–Crippen MR) is 77.8 cm³/mol. The van der Waals surface area contributed by atoms with Gasteiger partial charge in [-0.2, -0.15) is 0 Å². The van der Waals surface area contributed by atoms with Crippen LogP contribution in [0.1, 0.15) is 26.3 Å². The van der Waals surface area contributed by atoms with Crippen LogP contribution in [0, 0.1) is 5.41 Å². The Bertz CT molecular complexity index is 556. The van der Waals surface area contributed by atoms with Crippen LogP contribution in [0.15, 0.2) is 30.8 Å². The van der Waals surface area contributed by atoms with Crippen molar-refractivity contribution < 1.29 is 4.79 Å². The molecule has 1 fully saturated rings. The van der Waals surface area contributed by atoms with Crippen molar-refractivity contribution in [3.63, 3.8) is 0 Å². The molecule has 2 aliphatic heterocycles. The minimum Gasteiger partial charge on any atom is -0.290 e. The summed E-state index contributed by atoms with van der Waals surface area (Å²) in [4.78, 5) is 16.5. The van der Waals surface area contributed by atoms with Gasteiger partial charge in [0.15, 0.2) is 0 Å². The molecule has 3 nitrogen and oxygen atoms in total. The molecule has 1 aromatic carbocycles. The number of amides is 1. The maximum absolute atomic E-state index is 12.3. The molecule has 100 valence electrons. The van der Waals surface area contributed by atoms with E-state index >= 15 is 0 Å². The molecule has 1 amide bonds. The van der Waals surface area contributed by atoms with Crippen molar-refractivity contribution >= 4 is 17.2 Å². The highest BCUT2D eigenvalue weighted by molar-refractivity contribution is 6.07. The van der Waals surface area contributed by atoms with Crippen molar-refractivity contribution in [1.29, 1.82) is 0 Å². The average molecular weight is 256 g/mol. The van der Waals surface area contributed by atoms with Crippen LogP contribution in [0.3, 0.4) is 0 Å². The molecular weight excluding hydrogens is 236 g/mol. The number of nitrogens with zero attached hydrogens (tertiary/aromatic N) is 2. The SMILES string of the molecule is C=C1c2ccccc2N2C(=O)CN(CC(C)(C)C)C12. The number of hydrogen-bond donors (Lipinski definition) is 0. The zero-order valence-corrected chi connectivity index (χ0v) is 11.8. The van der Waals surface area contributed by atoms with Gasteiger partial charge in [-0.1, -0.05) is 45.5 Å². The van der Waals surface area contributed by atoms with E-state index < -0.39 is 0 Å². The van der Waals surface area contributed by atoms with Crippen molar-refractivity contribution in [3.05, 3.63) is 36.4 Å². The standard InChI is InChI=1S/C16H20N2O/c1-11-12-7-5-6-8-13(12)18-14(19)9-17(15(11)18)10-16(2,3)4/h5-8,15H,1,9-10H2,2-4H3. The molecule has 0 N–H and O–H groups in total. The Balaban J connectivity index is 1.99. The first-order valence-corrected chi connectivity index (χ1v) is 6.73. The van der Waals surface area contributed by atoms with Crippen molar-refractivity contribution in [3.8, 4) is 0 Å². The van der Waals surface area contributed by atoms with Gasteiger partial charge < -0.3 is 0 Å². The van der Waals surface area contributed by atoms with Gasteiger partial charge in [-0.25, -0.2) is 0 Å². The monoisotopic (exact) mass is 256 g/mol. The number of fused-ring (bicyclic) bond motifs is 3. The zero-order chi connectivity index (χ0) is 13.8.